The molecule has 0 aliphatic heterocycles. The zero-order chi connectivity index (χ0) is 15.3. The third kappa shape index (κ3) is 3.64. The molecule has 1 aromatic rings. The highest BCUT2D eigenvalue weighted by Gasteiger charge is 2.15. The van der Waals surface area contributed by atoms with Crippen LogP contribution in [-0.2, 0) is 16.6 Å². The summed E-state index contributed by atoms with van der Waals surface area (Å²) >= 11 is 0. The van der Waals surface area contributed by atoms with Crippen molar-refractivity contribution in [3.05, 3.63) is 59.7 Å². The van der Waals surface area contributed by atoms with Crippen molar-refractivity contribution in [3.8, 4) is 0 Å². The highest BCUT2D eigenvalue weighted by Crippen LogP contribution is 2.16. The van der Waals surface area contributed by atoms with Gasteiger partial charge in [0.05, 0.1) is 16.2 Å². The first-order valence-electron chi connectivity index (χ1n) is 6.30. The zero-order valence-corrected chi connectivity index (χ0v) is 12.3. The summed E-state index contributed by atoms with van der Waals surface area (Å²) in [6.07, 6.45) is 6.52. The number of rotatable bonds is 4. The predicted molar refractivity (Wildman–Crippen MR) is 83.3 cm³/mol. The summed E-state index contributed by atoms with van der Waals surface area (Å²) in [6, 6.07) is 6.55. The average molecular weight is 301 g/mol. The first-order chi connectivity index (χ1) is 10.1. The van der Waals surface area contributed by atoms with Crippen molar-refractivity contribution < 1.29 is 8.42 Å². The number of hydrogen-bond donors (Lipinski definition) is 2. The summed E-state index contributed by atoms with van der Waals surface area (Å²) in [5, 5.41) is 10.2. The second-order valence-corrected chi connectivity index (χ2v) is 5.99. The largest absolute Gasteiger partial charge is 0.316 e. The molecule has 0 bridgehead atoms. The molecule has 0 atom stereocenters. The van der Waals surface area contributed by atoms with Crippen LogP contribution in [0.2, 0.25) is 0 Å². The minimum atomic E-state index is -3.80. The summed E-state index contributed by atoms with van der Waals surface area (Å²) in [4.78, 5) is 0.127. The Morgan fingerprint density at radius 2 is 1.86 bits per heavy atom. The Labute approximate surface area is 124 Å². The molecular weight excluding hydrogens is 286 g/mol. The number of hydrogen-bond acceptors (Lipinski definition) is 4. The Kier molecular flexibility index (Phi) is 4.65. The molecule has 6 heteroatoms. The van der Waals surface area contributed by atoms with Crippen LogP contribution in [0.15, 0.2) is 63.4 Å². The molecule has 0 fully saturated rings. The molecule has 0 saturated carbocycles. The highest BCUT2D eigenvalue weighted by atomic mass is 32.2. The van der Waals surface area contributed by atoms with Crippen LogP contribution in [0.5, 0.6) is 0 Å². The van der Waals surface area contributed by atoms with Crippen LogP contribution in [0, 0.1) is 5.41 Å². The van der Waals surface area contributed by atoms with Gasteiger partial charge in [0.1, 0.15) is 0 Å². The minimum absolute atomic E-state index is 0.127. The molecule has 0 amide bonds. The van der Waals surface area contributed by atoms with Crippen LogP contribution in [-0.4, -0.2) is 27.0 Å². The molecule has 1 aromatic carbocycles. The van der Waals surface area contributed by atoms with Crippen LogP contribution in [0.4, 0.5) is 0 Å². The van der Waals surface area contributed by atoms with Gasteiger partial charge in [-0.2, -0.15) is 12.8 Å². The fourth-order valence-corrected chi connectivity index (χ4v) is 2.83. The van der Waals surface area contributed by atoms with Crippen molar-refractivity contribution in [1.29, 1.82) is 5.41 Å². The number of benzene rings is 1. The lowest BCUT2D eigenvalue weighted by Gasteiger charge is -2.05. The van der Waals surface area contributed by atoms with Crippen molar-refractivity contribution in [2.45, 2.75) is 11.4 Å². The minimum Gasteiger partial charge on any atom is -0.316 e. The quantitative estimate of drug-likeness (QED) is 0.832. The number of sulfonamides is 1. The molecule has 0 aromatic heterocycles. The van der Waals surface area contributed by atoms with Gasteiger partial charge in [0.2, 0.25) is 0 Å². The predicted octanol–water partition coefficient (Wildman–Crippen LogP) is 1.84. The monoisotopic (exact) mass is 301 g/mol. The molecule has 2 rings (SSSR count). The third-order valence-corrected chi connectivity index (χ3v) is 4.16. The second-order valence-electron chi connectivity index (χ2n) is 4.38. The van der Waals surface area contributed by atoms with E-state index in [2.05, 4.69) is 15.6 Å². The van der Waals surface area contributed by atoms with Gasteiger partial charge in [0.15, 0.2) is 0 Å². The first kappa shape index (κ1) is 15.1. The molecule has 21 heavy (non-hydrogen) atoms. The fourth-order valence-electron chi connectivity index (χ4n) is 1.82. The van der Waals surface area contributed by atoms with E-state index in [-0.39, 0.29) is 10.6 Å². The van der Waals surface area contributed by atoms with Gasteiger partial charge in [0, 0.05) is 6.54 Å². The standard InChI is InChI=1S/C15H15N3O2S/c1-17-11-12-6-8-14(9-7-12)21(19,20)18-15-5-3-2-4-13(15)10-16/h2-9,16-17H,11H2,1H3/b18-15-. The Hall–Kier alpha value is -2.27. The van der Waals surface area contributed by atoms with E-state index in [1.54, 1.807) is 36.4 Å². The molecule has 0 saturated heterocycles. The Morgan fingerprint density at radius 1 is 1.19 bits per heavy atom. The molecule has 1 aliphatic carbocycles. The van der Waals surface area contributed by atoms with Gasteiger partial charge in [-0.25, -0.2) is 0 Å². The maximum atomic E-state index is 12.3. The normalized spacial score (nSPS) is 16.2. The molecule has 0 heterocycles. The smallest absolute Gasteiger partial charge is 0.282 e. The van der Waals surface area contributed by atoms with E-state index < -0.39 is 10.0 Å². The van der Waals surface area contributed by atoms with Gasteiger partial charge in [-0.3, -0.25) is 5.41 Å². The zero-order valence-electron chi connectivity index (χ0n) is 11.5. The summed E-state index contributed by atoms with van der Waals surface area (Å²) in [6.45, 7) is 0.670. The Balaban J connectivity index is 2.36. The lowest BCUT2D eigenvalue weighted by Crippen LogP contribution is -2.07. The van der Waals surface area contributed by atoms with Crippen LogP contribution < -0.4 is 5.32 Å². The van der Waals surface area contributed by atoms with E-state index in [1.807, 2.05) is 7.05 Å². The van der Waals surface area contributed by atoms with E-state index in [4.69, 9.17) is 5.41 Å². The topological polar surface area (TPSA) is 82.4 Å². The second kappa shape index (κ2) is 6.45. The van der Waals surface area contributed by atoms with Crippen LogP contribution in [0.1, 0.15) is 5.56 Å². The van der Waals surface area contributed by atoms with Gasteiger partial charge >= 0.3 is 0 Å². The van der Waals surface area contributed by atoms with E-state index >= 15 is 0 Å². The summed E-state index contributed by atoms with van der Waals surface area (Å²) in [5.74, 6) is 2.18. The summed E-state index contributed by atoms with van der Waals surface area (Å²) in [5.41, 5.74) is 1.55. The van der Waals surface area contributed by atoms with E-state index in [0.29, 0.717) is 12.1 Å². The van der Waals surface area contributed by atoms with Gasteiger partial charge in [-0.1, -0.05) is 24.3 Å². The molecule has 108 valence electrons. The van der Waals surface area contributed by atoms with E-state index in [1.165, 1.54) is 12.1 Å². The van der Waals surface area contributed by atoms with Crippen molar-refractivity contribution in [2.24, 2.45) is 4.40 Å². The van der Waals surface area contributed by atoms with Crippen molar-refractivity contribution >= 4 is 21.6 Å². The van der Waals surface area contributed by atoms with Gasteiger partial charge < -0.3 is 5.32 Å². The van der Waals surface area contributed by atoms with Crippen molar-refractivity contribution in [2.75, 3.05) is 7.05 Å². The lowest BCUT2D eigenvalue weighted by molar-refractivity contribution is 0.598. The Bertz CT molecular complexity index is 766. The van der Waals surface area contributed by atoms with Crippen molar-refractivity contribution in [3.63, 3.8) is 0 Å². The van der Waals surface area contributed by atoms with Gasteiger partial charge in [0.25, 0.3) is 10.0 Å². The Morgan fingerprint density at radius 3 is 2.48 bits per heavy atom. The van der Waals surface area contributed by atoms with Gasteiger partial charge in [-0.05, 0) is 42.8 Å². The summed E-state index contributed by atoms with van der Waals surface area (Å²) in [7, 11) is -1.97. The van der Waals surface area contributed by atoms with Crippen molar-refractivity contribution in [1.82, 2.24) is 5.32 Å². The maximum Gasteiger partial charge on any atom is 0.282 e. The SMILES string of the molecule is CNCc1ccc(S(=O)(=O)/N=C2/C=CC=CC2=C=N)cc1. The molecular formula is C15H15N3O2S. The molecule has 5 nitrogen and oxygen atoms in total. The molecule has 0 unspecified atom stereocenters. The van der Waals surface area contributed by atoms with Crippen LogP contribution in [0.25, 0.3) is 0 Å². The number of nitrogens with one attached hydrogen (secondary N) is 2. The average Bonchev–Trinajstić information content (AvgIpc) is 2.48. The van der Waals surface area contributed by atoms with E-state index in [9.17, 15) is 8.42 Å². The van der Waals surface area contributed by atoms with Gasteiger partial charge in [-0.15, -0.1) is 0 Å². The van der Waals surface area contributed by atoms with E-state index in [0.717, 1.165) is 5.56 Å². The lowest BCUT2D eigenvalue weighted by atomic mass is 10.1. The number of nitrogens with zero attached hydrogens (tertiary/aromatic N) is 1. The van der Waals surface area contributed by atoms with Crippen LogP contribution >= 0.6 is 0 Å². The van der Waals surface area contributed by atoms with Crippen LogP contribution in [0.3, 0.4) is 0 Å². The molecule has 1 aliphatic rings. The summed E-state index contributed by atoms with van der Waals surface area (Å²) < 4.78 is 28.3. The maximum absolute atomic E-state index is 12.3. The third-order valence-electron chi connectivity index (χ3n) is 2.86. The molecule has 0 spiro atoms. The first-order valence-corrected chi connectivity index (χ1v) is 7.74. The molecule has 0 radical (unpaired) electrons. The number of allylic oxidation sites excluding steroid dienone is 5. The highest BCUT2D eigenvalue weighted by molar-refractivity contribution is 7.90. The molecule has 2 N–H and O–H groups in total. The fraction of sp³-hybridized carbons (Fsp3) is 0.133.